The van der Waals surface area contributed by atoms with Crippen LogP contribution < -0.4 is 16.2 Å². The number of carbonyl (C=O) groups is 3. The summed E-state index contributed by atoms with van der Waals surface area (Å²) in [6.07, 6.45) is 5.00. The lowest BCUT2D eigenvalue weighted by Gasteiger charge is -2.22. The van der Waals surface area contributed by atoms with Gasteiger partial charge in [-0.2, -0.15) is 9.78 Å². The van der Waals surface area contributed by atoms with Crippen LogP contribution in [0.25, 0.3) is 16.5 Å². The van der Waals surface area contributed by atoms with Crippen LogP contribution in [-0.4, -0.2) is 40.3 Å². The molecular weight excluding hydrogens is 424 g/mol. The highest BCUT2D eigenvalue weighted by Crippen LogP contribution is 2.17. The summed E-state index contributed by atoms with van der Waals surface area (Å²) in [5.41, 5.74) is -0.00147. The number of nitrogens with one attached hydrogen (secondary N) is 2. The van der Waals surface area contributed by atoms with Crippen molar-refractivity contribution in [3.63, 3.8) is 0 Å². The lowest BCUT2D eigenvalue weighted by atomic mass is 9.96. The Morgan fingerprint density at radius 2 is 1.61 bits per heavy atom. The molecule has 0 spiro atoms. The van der Waals surface area contributed by atoms with Crippen molar-refractivity contribution in [2.75, 3.05) is 6.61 Å². The lowest BCUT2D eigenvalue weighted by Crippen LogP contribution is -2.46. The molecule has 170 valence electrons. The van der Waals surface area contributed by atoms with E-state index in [-0.39, 0.29) is 17.3 Å². The van der Waals surface area contributed by atoms with E-state index in [1.54, 1.807) is 54.6 Å². The number of amides is 3. The number of aromatic nitrogens is 2. The molecule has 1 aliphatic carbocycles. The molecule has 0 saturated heterocycles. The Bertz CT molecular complexity index is 1230. The van der Waals surface area contributed by atoms with E-state index in [2.05, 4.69) is 15.7 Å². The van der Waals surface area contributed by atoms with E-state index in [0.717, 1.165) is 36.8 Å². The average Bonchev–Trinajstić information content (AvgIpc) is 2.84. The van der Waals surface area contributed by atoms with Gasteiger partial charge in [0.1, 0.15) is 0 Å². The maximum Gasteiger partial charge on any atom is 0.359 e. The summed E-state index contributed by atoms with van der Waals surface area (Å²) in [4.78, 5) is 49.8. The van der Waals surface area contributed by atoms with E-state index in [1.165, 1.54) is 0 Å². The van der Waals surface area contributed by atoms with Crippen molar-refractivity contribution < 1.29 is 19.1 Å². The van der Waals surface area contributed by atoms with Crippen molar-refractivity contribution in [2.24, 2.45) is 0 Å². The van der Waals surface area contributed by atoms with Gasteiger partial charge in [0, 0.05) is 11.4 Å². The summed E-state index contributed by atoms with van der Waals surface area (Å²) in [5, 5.41) is 9.75. The second-order valence-corrected chi connectivity index (χ2v) is 7.88. The fraction of sp³-hybridized carbons (Fsp3) is 0.292. The van der Waals surface area contributed by atoms with Crippen LogP contribution >= 0.6 is 0 Å². The van der Waals surface area contributed by atoms with Crippen molar-refractivity contribution >= 4 is 28.7 Å². The molecule has 1 saturated carbocycles. The molecule has 3 amide bonds. The average molecular weight is 448 g/mol. The van der Waals surface area contributed by atoms with Crippen molar-refractivity contribution in [3.8, 4) is 5.69 Å². The second kappa shape index (κ2) is 10.1. The molecule has 33 heavy (non-hydrogen) atoms. The third-order valence-electron chi connectivity index (χ3n) is 5.53. The van der Waals surface area contributed by atoms with Gasteiger partial charge in [0.15, 0.2) is 12.3 Å². The molecule has 2 N–H and O–H groups in total. The minimum atomic E-state index is -0.876. The summed E-state index contributed by atoms with van der Waals surface area (Å²) in [6.45, 7) is -0.655. The highest BCUT2D eigenvalue weighted by atomic mass is 16.5. The largest absolute Gasteiger partial charge is 0.451 e. The predicted molar refractivity (Wildman–Crippen MR) is 121 cm³/mol. The van der Waals surface area contributed by atoms with Crippen LogP contribution in [0.15, 0.2) is 59.4 Å². The molecule has 4 rings (SSSR count). The molecule has 9 heteroatoms. The first-order valence-electron chi connectivity index (χ1n) is 10.9. The number of rotatable bonds is 5. The Labute approximate surface area is 189 Å². The van der Waals surface area contributed by atoms with E-state index >= 15 is 0 Å². The summed E-state index contributed by atoms with van der Waals surface area (Å²) < 4.78 is 6.23. The number of hydrogen-bond acceptors (Lipinski definition) is 6. The number of ether oxygens (including phenoxy) is 1. The fourth-order valence-electron chi connectivity index (χ4n) is 3.92. The molecule has 3 aromatic rings. The van der Waals surface area contributed by atoms with Crippen LogP contribution in [-0.2, 0) is 9.53 Å². The van der Waals surface area contributed by atoms with E-state index in [1.807, 2.05) is 0 Å². The van der Waals surface area contributed by atoms with Crippen LogP contribution in [0.2, 0.25) is 0 Å². The first-order valence-corrected chi connectivity index (χ1v) is 10.9. The smallest absolute Gasteiger partial charge is 0.359 e. The van der Waals surface area contributed by atoms with Gasteiger partial charge in [-0.1, -0.05) is 55.7 Å². The molecule has 1 aliphatic rings. The number of nitrogens with zero attached hydrogens (tertiary/aromatic N) is 2. The Morgan fingerprint density at radius 1 is 0.939 bits per heavy atom. The number of para-hydroxylation sites is 1. The van der Waals surface area contributed by atoms with Crippen LogP contribution in [0.4, 0.5) is 4.79 Å². The minimum absolute atomic E-state index is 0.0451. The quantitative estimate of drug-likeness (QED) is 0.579. The number of imide groups is 1. The lowest BCUT2D eigenvalue weighted by molar-refractivity contribution is -0.123. The molecule has 0 bridgehead atoms. The topological polar surface area (TPSA) is 119 Å². The predicted octanol–water partition coefficient (Wildman–Crippen LogP) is 2.70. The standard InChI is InChI=1S/C24H24N4O5/c29-20(26-24(32)25-16-9-3-1-4-10-16)15-33-23(31)21-18-13-7-8-14-19(18)22(30)28(27-21)17-11-5-2-6-12-17/h2,5-8,11-14,16H,1,3-4,9-10,15H2,(H2,25,26,29,32). The van der Waals surface area contributed by atoms with E-state index in [9.17, 15) is 19.2 Å². The van der Waals surface area contributed by atoms with Gasteiger partial charge in [-0.05, 0) is 31.0 Å². The molecule has 0 aliphatic heterocycles. The Hall–Kier alpha value is -4.01. The van der Waals surface area contributed by atoms with E-state index in [0.29, 0.717) is 16.5 Å². The zero-order valence-electron chi connectivity index (χ0n) is 18.0. The highest BCUT2D eigenvalue weighted by Gasteiger charge is 2.21. The number of fused-ring (bicyclic) bond motifs is 1. The molecule has 1 fully saturated rings. The van der Waals surface area contributed by atoms with Gasteiger partial charge >= 0.3 is 12.0 Å². The van der Waals surface area contributed by atoms with Crippen molar-refractivity contribution in [1.29, 1.82) is 0 Å². The number of carbonyl (C=O) groups excluding carboxylic acids is 3. The van der Waals surface area contributed by atoms with Gasteiger partial charge < -0.3 is 10.1 Å². The first kappa shape index (κ1) is 22.2. The SMILES string of the molecule is O=C(COC(=O)c1nn(-c2ccccc2)c(=O)c2ccccc12)NC(=O)NC1CCCCC1. The maximum atomic E-state index is 12.9. The van der Waals surface area contributed by atoms with Gasteiger partial charge in [-0.15, -0.1) is 0 Å². The zero-order chi connectivity index (χ0) is 23.2. The van der Waals surface area contributed by atoms with Gasteiger partial charge in [-0.3, -0.25) is 14.9 Å². The number of hydrogen-bond donors (Lipinski definition) is 2. The molecule has 2 aromatic carbocycles. The van der Waals surface area contributed by atoms with E-state index < -0.39 is 24.5 Å². The van der Waals surface area contributed by atoms with E-state index in [4.69, 9.17) is 4.74 Å². The van der Waals surface area contributed by atoms with Crippen LogP contribution in [0, 0.1) is 0 Å². The summed E-state index contributed by atoms with van der Waals surface area (Å²) in [7, 11) is 0. The van der Waals surface area contributed by atoms with Crippen LogP contribution in [0.3, 0.4) is 0 Å². The minimum Gasteiger partial charge on any atom is -0.451 e. The van der Waals surface area contributed by atoms with Crippen LogP contribution in [0.1, 0.15) is 42.6 Å². The third-order valence-corrected chi connectivity index (χ3v) is 5.53. The maximum absolute atomic E-state index is 12.9. The van der Waals surface area contributed by atoms with Crippen LogP contribution in [0.5, 0.6) is 0 Å². The van der Waals surface area contributed by atoms with Gasteiger partial charge in [-0.25, -0.2) is 9.59 Å². The molecular formula is C24H24N4O5. The zero-order valence-corrected chi connectivity index (χ0v) is 18.0. The number of esters is 1. The molecule has 0 unspecified atom stereocenters. The molecule has 1 heterocycles. The normalized spacial score (nSPS) is 13.9. The number of urea groups is 1. The van der Waals surface area contributed by atoms with Crippen molar-refractivity contribution in [2.45, 2.75) is 38.1 Å². The highest BCUT2D eigenvalue weighted by molar-refractivity contribution is 6.03. The van der Waals surface area contributed by atoms with Crippen molar-refractivity contribution in [3.05, 3.63) is 70.6 Å². The Kier molecular flexibility index (Phi) is 6.77. The second-order valence-electron chi connectivity index (χ2n) is 7.88. The first-order chi connectivity index (χ1) is 16.0. The third kappa shape index (κ3) is 5.25. The van der Waals surface area contributed by atoms with Crippen molar-refractivity contribution in [1.82, 2.24) is 20.4 Å². The molecule has 1 aromatic heterocycles. The van der Waals surface area contributed by atoms with Gasteiger partial charge in [0.2, 0.25) is 0 Å². The Balaban J connectivity index is 1.47. The Morgan fingerprint density at radius 3 is 2.33 bits per heavy atom. The monoisotopic (exact) mass is 448 g/mol. The molecule has 9 nitrogen and oxygen atoms in total. The summed E-state index contributed by atoms with van der Waals surface area (Å²) in [6, 6.07) is 14.7. The summed E-state index contributed by atoms with van der Waals surface area (Å²) in [5.74, 6) is -1.63. The fourth-order valence-corrected chi connectivity index (χ4v) is 3.92. The van der Waals surface area contributed by atoms with Gasteiger partial charge in [0.25, 0.3) is 11.5 Å². The number of benzene rings is 2. The molecule has 0 atom stereocenters. The molecule has 0 radical (unpaired) electrons. The van der Waals surface area contributed by atoms with Gasteiger partial charge in [0.05, 0.1) is 11.1 Å². The summed E-state index contributed by atoms with van der Waals surface area (Å²) >= 11 is 0.